The molecule has 0 atom stereocenters. The van der Waals surface area contributed by atoms with Crippen molar-refractivity contribution in [1.29, 1.82) is 0 Å². The zero-order valence-corrected chi connectivity index (χ0v) is 10.5. The summed E-state index contributed by atoms with van der Waals surface area (Å²) in [4.78, 5) is 2.26. The van der Waals surface area contributed by atoms with Crippen LogP contribution in [0.15, 0.2) is 18.2 Å². The van der Waals surface area contributed by atoms with Crippen molar-refractivity contribution in [2.45, 2.75) is 19.3 Å². The number of rotatable bonds is 5. The molecule has 1 saturated carbocycles. The van der Waals surface area contributed by atoms with Crippen LogP contribution in [0.3, 0.4) is 0 Å². The molecule has 2 nitrogen and oxygen atoms in total. The fourth-order valence-corrected chi connectivity index (χ4v) is 2.32. The van der Waals surface area contributed by atoms with Crippen molar-refractivity contribution in [2.75, 3.05) is 25.0 Å². The highest BCUT2D eigenvalue weighted by molar-refractivity contribution is 6.33. The molecule has 1 fully saturated rings. The first-order chi connectivity index (χ1) is 7.70. The molecule has 0 radical (unpaired) electrons. The van der Waals surface area contributed by atoms with Gasteiger partial charge in [0, 0.05) is 13.6 Å². The van der Waals surface area contributed by atoms with Gasteiger partial charge in [-0.1, -0.05) is 17.7 Å². The summed E-state index contributed by atoms with van der Waals surface area (Å²) < 4.78 is 0. The van der Waals surface area contributed by atoms with Crippen molar-refractivity contribution < 1.29 is 0 Å². The van der Waals surface area contributed by atoms with Crippen LogP contribution in [0.2, 0.25) is 5.02 Å². The molecule has 0 aliphatic heterocycles. The summed E-state index contributed by atoms with van der Waals surface area (Å²) in [5.74, 6) is 0.879. The summed E-state index contributed by atoms with van der Waals surface area (Å²) in [5, 5.41) is 0.842. The van der Waals surface area contributed by atoms with E-state index in [1.165, 1.54) is 18.4 Å². The van der Waals surface area contributed by atoms with Gasteiger partial charge in [0.2, 0.25) is 0 Å². The maximum atomic E-state index is 6.28. The minimum Gasteiger partial charge on any atom is -0.373 e. The third kappa shape index (κ3) is 2.89. The van der Waals surface area contributed by atoms with Gasteiger partial charge in [0.05, 0.1) is 10.7 Å². The van der Waals surface area contributed by atoms with Crippen molar-refractivity contribution in [3.63, 3.8) is 0 Å². The van der Waals surface area contributed by atoms with Gasteiger partial charge in [-0.05, 0) is 49.4 Å². The first-order valence-corrected chi connectivity index (χ1v) is 6.28. The van der Waals surface area contributed by atoms with Crippen molar-refractivity contribution in [3.05, 3.63) is 28.8 Å². The lowest BCUT2D eigenvalue weighted by atomic mass is 10.1. The third-order valence-corrected chi connectivity index (χ3v) is 3.39. The fraction of sp³-hybridized carbons (Fsp3) is 0.538. The Morgan fingerprint density at radius 2 is 2.19 bits per heavy atom. The summed E-state index contributed by atoms with van der Waals surface area (Å²) in [6.07, 6.45) is 3.63. The molecule has 2 N–H and O–H groups in total. The fourth-order valence-electron chi connectivity index (χ4n) is 1.97. The second-order valence-corrected chi connectivity index (χ2v) is 5.06. The molecule has 0 unspecified atom stereocenters. The molecule has 1 aliphatic carbocycles. The van der Waals surface area contributed by atoms with Crippen molar-refractivity contribution in [3.8, 4) is 0 Å². The van der Waals surface area contributed by atoms with Crippen LogP contribution in [0.25, 0.3) is 0 Å². The van der Waals surface area contributed by atoms with Crippen LogP contribution in [-0.2, 0) is 6.42 Å². The zero-order valence-electron chi connectivity index (χ0n) is 9.75. The molecule has 0 heterocycles. The monoisotopic (exact) mass is 238 g/mol. The largest absolute Gasteiger partial charge is 0.373 e. The Kier molecular flexibility index (Phi) is 3.72. The summed E-state index contributed by atoms with van der Waals surface area (Å²) in [5.41, 5.74) is 7.88. The number of nitrogens with zero attached hydrogens (tertiary/aromatic N) is 1. The van der Waals surface area contributed by atoms with Gasteiger partial charge in [0.1, 0.15) is 0 Å². The molecule has 0 amide bonds. The minimum atomic E-state index is 0.674. The number of anilines is 1. The van der Waals surface area contributed by atoms with Crippen LogP contribution in [0.5, 0.6) is 0 Å². The summed E-state index contributed by atoms with van der Waals surface area (Å²) >= 11 is 6.28. The molecule has 3 heteroatoms. The predicted octanol–water partition coefficient (Wildman–Crippen LogP) is 2.69. The second kappa shape index (κ2) is 5.07. The van der Waals surface area contributed by atoms with Gasteiger partial charge in [-0.3, -0.25) is 0 Å². The maximum Gasteiger partial charge on any atom is 0.0642 e. The molecule has 0 bridgehead atoms. The number of nitrogens with two attached hydrogens (primary N) is 1. The van der Waals surface area contributed by atoms with E-state index in [4.69, 9.17) is 17.3 Å². The van der Waals surface area contributed by atoms with Gasteiger partial charge in [0.15, 0.2) is 0 Å². The highest BCUT2D eigenvalue weighted by Crippen LogP contribution is 2.33. The Morgan fingerprint density at radius 1 is 1.44 bits per heavy atom. The summed E-state index contributed by atoms with van der Waals surface area (Å²) in [7, 11) is 2.11. The van der Waals surface area contributed by atoms with Gasteiger partial charge in [-0.15, -0.1) is 0 Å². The van der Waals surface area contributed by atoms with E-state index in [0.717, 1.165) is 29.6 Å². The normalized spacial score (nSPS) is 15.2. The van der Waals surface area contributed by atoms with Crippen LogP contribution < -0.4 is 10.6 Å². The molecule has 1 aliphatic rings. The Labute approximate surface area is 102 Å². The predicted molar refractivity (Wildman–Crippen MR) is 70.2 cm³/mol. The smallest absolute Gasteiger partial charge is 0.0642 e. The van der Waals surface area contributed by atoms with Gasteiger partial charge in [-0.2, -0.15) is 0 Å². The van der Waals surface area contributed by atoms with Gasteiger partial charge in [0.25, 0.3) is 0 Å². The zero-order chi connectivity index (χ0) is 11.5. The molecule has 0 spiro atoms. The Morgan fingerprint density at radius 3 is 2.75 bits per heavy atom. The number of halogens is 1. The average molecular weight is 239 g/mol. The highest BCUT2D eigenvalue weighted by atomic mass is 35.5. The molecule has 0 aromatic heterocycles. The minimum absolute atomic E-state index is 0.674. The quantitative estimate of drug-likeness (QED) is 0.855. The van der Waals surface area contributed by atoms with Crippen LogP contribution in [0.4, 0.5) is 5.69 Å². The standard InChI is InChI=1S/C13H19ClN2/c1-16(9-11-2-3-11)13-5-4-10(6-7-15)8-12(13)14/h4-5,8,11H,2-3,6-7,9,15H2,1H3. The first-order valence-electron chi connectivity index (χ1n) is 5.90. The van der Waals surface area contributed by atoms with Gasteiger partial charge in [-0.25, -0.2) is 0 Å². The second-order valence-electron chi connectivity index (χ2n) is 4.65. The van der Waals surface area contributed by atoms with E-state index in [9.17, 15) is 0 Å². The first kappa shape index (κ1) is 11.7. The van der Waals surface area contributed by atoms with E-state index in [0.29, 0.717) is 6.54 Å². The lowest BCUT2D eigenvalue weighted by molar-refractivity contribution is 0.787. The Balaban J connectivity index is 2.07. The third-order valence-electron chi connectivity index (χ3n) is 3.09. The number of benzene rings is 1. The van der Waals surface area contributed by atoms with Crippen LogP contribution >= 0.6 is 11.6 Å². The van der Waals surface area contributed by atoms with E-state index in [1.54, 1.807) is 0 Å². The highest BCUT2D eigenvalue weighted by Gasteiger charge is 2.23. The van der Waals surface area contributed by atoms with Gasteiger partial charge >= 0.3 is 0 Å². The Hall–Kier alpha value is -0.730. The van der Waals surface area contributed by atoms with E-state index in [2.05, 4.69) is 24.1 Å². The lowest BCUT2D eigenvalue weighted by Crippen LogP contribution is -2.20. The van der Waals surface area contributed by atoms with Gasteiger partial charge < -0.3 is 10.6 Å². The van der Waals surface area contributed by atoms with Crippen molar-refractivity contribution >= 4 is 17.3 Å². The maximum absolute atomic E-state index is 6.28. The molecule has 1 aromatic rings. The molecule has 0 saturated heterocycles. The Bertz CT molecular complexity index is 361. The lowest BCUT2D eigenvalue weighted by Gasteiger charge is -2.20. The van der Waals surface area contributed by atoms with E-state index in [1.807, 2.05) is 6.07 Å². The molecule has 16 heavy (non-hydrogen) atoms. The van der Waals surface area contributed by atoms with E-state index >= 15 is 0 Å². The molecule has 2 rings (SSSR count). The topological polar surface area (TPSA) is 29.3 Å². The summed E-state index contributed by atoms with van der Waals surface area (Å²) in [6, 6.07) is 6.26. The molecular weight excluding hydrogens is 220 g/mol. The van der Waals surface area contributed by atoms with Crippen LogP contribution in [0, 0.1) is 5.92 Å². The SMILES string of the molecule is CN(CC1CC1)c1ccc(CCN)cc1Cl. The molecule has 1 aromatic carbocycles. The van der Waals surface area contributed by atoms with Crippen LogP contribution in [0.1, 0.15) is 18.4 Å². The average Bonchev–Trinajstić information content (AvgIpc) is 3.02. The van der Waals surface area contributed by atoms with Crippen molar-refractivity contribution in [2.24, 2.45) is 11.7 Å². The number of hydrogen-bond acceptors (Lipinski definition) is 2. The molecule has 88 valence electrons. The van der Waals surface area contributed by atoms with E-state index < -0.39 is 0 Å². The van der Waals surface area contributed by atoms with Crippen LogP contribution in [-0.4, -0.2) is 20.1 Å². The number of hydrogen-bond donors (Lipinski definition) is 1. The molecular formula is C13H19ClN2. The van der Waals surface area contributed by atoms with Crippen molar-refractivity contribution in [1.82, 2.24) is 0 Å². The summed E-state index contributed by atoms with van der Waals surface area (Å²) in [6.45, 7) is 1.80. The van der Waals surface area contributed by atoms with E-state index in [-0.39, 0.29) is 0 Å².